The van der Waals surface area contributed by atoms with Crippen molar-refractivity contribution in [1.29, 1.82) is 0 Å². The van der Waals surface area contributed by atoms with E-state index in [2.05, 4.69) is 10.6 Å². The zero-order valence-electron chi connectivity index (χ0n) is 12.0. The Kier molecular flexibility index (Phi) is 3.84. The first kappa shape index (κ1) is 14.3. The molecule has 3 fully saturated rings. The lowest BCUT2D eigenvalue weighted by molar-refractivity contribution is -0.136. The number of nitrogens with one attached hydrogen (secondary N) is 2. The number of piperidine rings is 1. The lowest BCUT2D eigenvalue weighted by Crippen LogP contribution is -2.46. The molecule has 3 rings (SSSR count). The van der Waals surface area contributed by atoms with Gasteiger partial charge in [0.25, 0.3) is 5.91 Å². The Balaban J connectivity index is 1.44. The molecule has 3 heterocycles. The first-order chi connectivity index (χ1) is 10.1. The molecule has 3 aliphatic rings. The van der Waals surface area contributed by atoms with E-state index in [0.29, 0.717) is 6.42 Å². The van der Waals surface area contributed by atoms with Gasteiger partial charge in [-0.2, -0.15) is 0 Å². The highest BCUT2D eigenvalue weighted by Gasteiger charge is 2.39. The Hall–Kier alpha value is -1.63. The number of ether oxygens (including phenoxy) is 1. The van der Waals surface area contributed by atoms with Gasteiger partial charge < -0.3 is 15.0 Å². The number of imide groups is 1. The smallest absolute Gasteiger partial charge is 0.322 e. The van der Waals surface area contributed by atoms with Gasteiger partial charge in [-0.05, 0) is 32.1 Å². The van der Waals surface area contributed by atoms with E-state index in [0.717, 1.165) is 45.4 Å². The summed E-state index contributed by atoms with van der Waals surface area (Å²) in [6, 6.07) is -1.05. The van der Waals surface area contributed by atoms with Crippen molar-refractivity contribution < 1.29 is 19.1 Å². The first-order valence-corrected chi connectivity index (χ1v) is 7.61. The zero-order chi connectivity index (χ0) is 14.9. The maximum absolute atomic E-state index is 12.2. The van der Waals surface area contributed by atoms with Crippen LogP contribution < -0.4 is 10.6 Å². The summed E-state index contributed by atoms with van der Waals surface area (Å²) in [5, 5.41) is 4.68. The largest absolute Gasteiger partial charge is 0.375 e. The molecule has 0 unspecified atom stereocenters. The number of amides is 4. The maximum Gasteiger partial charge on any atom is 0.322 e. The van der Waals surface area contributed by atoms with Gasteiger partial charge >= 0.3 is 6.03 Å². The van der Waals surface area contributed by atoms with Gasteiger partial charge in [0, 0.05) is 26.1 Å². The third kappa shape index (κ3) is 3.02. The highest BCUT2D eigenvalue weighted by Crippen LogP contribution is 2.35. The summed E-state index contributed by atoms with van der Waals surface area (Å²) in [5.74, 6) is -0.290. The Morgan fingerprint density at radius 1 is 1.29 bits per heavy atom. The summed E-state index contributed by atoms with van der Waals surface area (Å²) in [4.78, 5) is 36.4. The van der Waals surface area contributed by atoms with Crippen molar-refractivity contribution in [3.63, 3.8) is 0 Å². The minimum atomic E-state index is -0.573. The number of urea groups is 1. The molecule has 0 bridgehead atoms. The van der Waals surface area contributed by atoms with Crippen molar-refractivity contribution >= 4 is 17.8 Å². The van der Waals surface area contributed by atoms with Gasteiger partial charge in [0.2, 0.25) is 5.91 Å². The zero-order valence-corrected chi connectivity index (χ0v) is 12.0. The minimum Gasteiger partial charge on any atom is -0.375 e. The summed E-state index contributed by atoms with van der Waals surface area (Å²) < 4.78 is 5.84. The molecule has 0 radical (unpaired) electrons. The molecule has 0 aromatic rings. The molecular weight excluding hydrogens is 274 g/mol. The van der Waals surface area contributed by atoms with Crippen molar-refractivity contribution in [1.82, 2.24) is 15.5 Å². The van der Waals surface area contributed by atoms with Crippen LogP contribution in [-0.4, -0.2) is 54.1 Å². The van der Waals surface area contributed by atoms with Gasteiger partial charge in [-0.25, -0.2) is 4.79 Å². The average Bonchev–Trinajstić information content (AvgIpc) is 3.04. The van der Waals surface area contributed by atoms with Crippen LogP contribution >= 0.6 is 0 Å². The Labute approximate surface area is 123 Å². The number of hydrogen-bond donors (Lipinski definition) is 2. The van der Waals surface area contributed by atoms with E-state index < -0.39 is 12.1 Å². The van der Waals surface area contributed by atoms with Crippen molar-refractivity contribution in [3.8, 4) is 0 Å². The molecule has 116 valence electrons. The van der Waals surface area contributed by atoms with E-state index in [1.807, 2.05) is 4.90 Å². The molecule has 0 saturated carbocycles. The molecule has 0 aromatic carbocycles. The highest BCUT2D eigenvalue weighted by molar-refractivity contribution is 6.04. The molecule has 7 heteroatoms. The van der Waals surface area contributed by atoms with Gasteiger partial charge in [0.05, 0.1) is 5.60 Å². The van der Waals surface area contributed by atoms with Gasteiger partial charge in [0.1, 0.15) is 6.04 Å². The topological polar surface area (TPSA) is 87.7 Å². The van der Waals surface area contributed by atoms with Gasteiger partial charge in [-0.15, -0.1) is 0 Å². The summed E-state index contributed by atoms with van der Waals surface area (Å²) in [6.45, 7) is 2.29. The monoisotopic (exact) mass is 295 g/mol. The third-order valence-electron chi connectivity index (χ3n) is 4.72. The number of hydrogen-bond acceptors (Lipinski definition) is 4. The van der Waals surface area contributed by atoms with Crippen LogP contribution in [-0.2, 0) is 14.3 Å². The molecule has 4 amide bonds. The van der Waals surface area contributed by atoms with Crippen LogP contribution in [0.3, 0.4) is 0 Å². The first-order valence-electron chi connectivity index (χ1n) is 7.61. The maximum atomic E-state index is 12.2. The van der Waals surface area contributed by atoms with E-state index in [4.69, 9.17) is 4.74 Å². The molecule has 0 aliphatic carbocycles. The van der Waals surface area contributed by atoms with Gasteiger partial charge in [-0.3, -0.25) is 14.9 Å². The fourth-order valence-electron chi connectivity index (χ4n) is 3.40. The van der Waals surface area contributed by atoms with E-state index in [-0.39, 0.29) is 23.8 Å². The van der Waals surface area contributed by atoms with Crippen LogP contribution in [0.2, 0.25) is 0 Å². The van der Waals surface area contributed by atoms with Crippen molar-refractivity contribution in [2.45, 2.75) is 50.2 Å². The molecule has 3 aliphatic heterocycles. The SMILES string of the molecule is O=C1NC(=O)[C@H](CCC(=O)N2CCC3(CCCO3)CC2)N1. The van der Waals surface area contributed by atoms with Crippen LogP contribution in [0.4, 0.5) is 4.79 Å². The second kappa shape index (κ2) is 5.63. The van der Waals surface area contributed by atoms with Gasteiger partial charge in [-0.1, -0.05) is 0 Å². The summed E-state index contributed by atoms with van der Waals surface area (Å²) >= 11 is 0. The van der Waals surface area contributed by atoms with E-state index >= 15 is 0 Å². The molecule has 1 spiro atoms. The summed E-state index contributed by atoms with van der Waals surface area (Å²) in [5.41, 5.74) is 0.0100. The van der Waals surface area contributed by atoms with Crippen LogP contribution in [0.1, 0.15) is 38.5 Å². The molecule has 1 atom stereocenters. The molecular formula is C14H21N3O4. The quantitative estimate of drug-likeness (QED) is 0.725. The second-order valence-electron chi connectivity index (χ2n) is 6.07. The highest BCUT2D eigenvalue weighted by atomic mass is 16.5. The normalized spacial score (nSPS) is 27.8. The van der Waals surface area contributed by atoms with Crippen LogP contribution in [0.5, 0.6) is 0 Å². The molecule has 0 aromatic heterocycles. The minimum absolute atomic E-state index is 0.0100. The van der Waals surface area contributed by atoms with E-state index in [1.54, 1.807) is 0 Å². The van der Waals surface area contributed by atoms with E-state index in [9.17, 15) is 14.4 Å². The number of likely N-dealkylation sites (tertiary alicyclic amines) is 1. The molecule has 21 heavy (non-hydrogen) atoms. The third-order valence-corrected chi connectivity index (χ3v) is 4.72. The number of carbonyl (C=O) groups excluding carboxylic acids is 3. The van der Waals surface area contributed by atoms with Crippen molar-refractivity contribution in [2.75, 3.05) is 19.7 Å². The number of rotatable bonds is 3. The Bertz CT molecular complexity index is 449. The predicted octanol–water partition coefficient (Wildman–Crippen LogP) is 0.146. The predicted molar refractivity (Wildman–Crippen MR) is 73.4 cm³/mol. The van der Waals surface area contributed by atoms with E-state index in [1.165, 1.54) is 0 Å². The van der Waals surface area contributed by atoms with Crippen LogP contribution in [0.25, 0.3) is 0 Å². The lowest BCUT2D eigenvalue weighted by Gasteiger charge is -2.38. The average molecular weight is 295 g/mol. The number of carbonyl (C=O) groups is 3. The number of nitrogens with zero attached hydrogens (tertiary/aromatic N) is 1. The van der Waals surface area contributed by atoms with Crippen molar-refractivity contribution in [3.05, 3.63) is 0 Å². The second-order valence-corrected chi connectivity index (χ2v) is 6.07. The fourth-order valence-corrected chi connectivity index (χ4v) is 3.40. The van der Waals surface area contributed by atoms with Crippen LogP contribution in [0, 0.1) is 0 Å². The molecule has 2 N–H and O–H groups in total. The van der Waals surface area contributed by atoms with Crippen molar-refractivity contribution in [2.24, 2.45) is 0 Å². The fraction of sp³-hybridized carbons (Fsp3) is 0.786. The Morgan fingerprint density at radius 2 is 2.05 bits per heavy atom. The summed E-state index contributed by atoms with van der Waals surface area (Å²) in [6.07, 6.45) is 4.66. The van der Waals surface area contributed by atoms with Gasteiger partial charge in [0.15, 0.2) is 0 Å². The lowest BCUT2D eigenvalue weighted by atomic mass is 9.88. The standard InChI is InChI=1S/C14H21N3O4/c18-11(3-2-10-12(19)16-13(20)15-10)17-7-5-14(6-8-17)4-1-9-21-14/h10H,1-9H2,(H2,15,16,19,20)/t10-/m0/s1. The van der Waals surface area contributed by atoms with Crippen LogP contribution in [0.15, 0.2) is 0 Å². The molecule has 3 saturated heterocycles. The Morgan fingerprint density at radius 3 is 2.62 bits per heavy atom. The molecule has 7 nitrogen and oxygen atoms in total. The summed E-state index contributed by atoms with van der Waals surface area (Å²) in [7, 11) is 0.